The SMILES string of the molecule is CCCCCCC1=CC(Cl)CC(C)(C)C1. The molecule has 0 saturated carbocycles. The van der Waals surface area contributed by atoms with Gasteiger partial charge in [0, 0.05) is 0 Å². The van der Waals surface area contributed by atoms with Gasteiger partial charge in [-0.05, 0) is 31.1 Å². The van der Waals surface area contributed by atoms with Crippen molar-refractivity contribution < 1.29 is 0 Å². The molecule has 0 nitrogen and oxygen atoms in total. The van der Waals surface area contributed by atoms with E-state index in [4.69, 9.17) is 11.6 Å². The maximum Gasteiger partial charge on any atom is 0.0523 e. The highest BCUT2D eigenvalue weighted by Crippen LogP contribution is 2.38. The third kappa shape index (κ3) is 5.06. The second-order valence-electron chi connectivity index (χ2n) is 5.70. The first-order valence-corrected chi connectivity index (χ1v) is 6.81. The summed E-state index contributed by atoms with van der Waals surface area (Å²) in [7, 11) is 0. The third-order valence-electron chi connectivity index (χ3n) is 3.22. The minimum Gasteiger partial charge on any atom is -0.118 e. The Morgan fingerprint density at radius 3 is 2.67 bits per heavy atom. The first-order valence-electron chi connectivity index (χ1n) is 6.37. The third-order valence-corrected chi connectivity index (χ3v) is 3.50. The molecule has 0 heterocycles. The van der Waals surface area contributed by atoms with Crippen molar-refractivity contribution in [1.29, 1.82) is 0 Å². The maximum atomic E-state index is 6.26. The molecule has 1 aliphatic carbocycles. The van der Waals surface area contributed by atoms with Crippen LogP contribution >= 0.6 is 11.6 Å². The van der Waals surface area contributed by atoms with Crippen LogP contribution in [0, 0.1) is 5.41 Å². The molecule has 0 spiro atoms. The summed E-state index contributed by atoms with van der Waals surface area (Å²) in [6.07, 6.45) is 11.4. The van der Waals surface area contributed by atoms with Crippen molar-refractivity contribution in [3.63, 3.8) is 0 Å². The molecule has 0 amide bonds. The van der Waals surface area contributed by atoms with Crippen LogP contribution in [0.15, 0.2) is 11.6 Å². The van der Waals surface area contributed by atoms with Crippen molar-refractivity contribution in [3.8, 4) is 0 Å². The molecule has 0 N–H and O–H groups in total. The fraction of sp³-hybridized carbons (Fsp3) is 0.857. The van der Waals surface area contributed by atoms with Crippen LogP contribution in [0.1, 0.15) is 65.7 Å². The zero-order valence-electron chi connectivity index (χ0n) is 10.5. The molecule has 15 heavy (non-hydrogen) atoms. The Labute approximate surface area is 100 Å². The highest BCUT2D eigenvalue weighted by atomic mass is 35.5. The summed E-state index contributed by atoms with van der Waals surface area (Å²) >= 11 is 6.26. The molecular weight excluding hydrogens is 204 g/mol. The van der Waals surface area contributed by atoms with Crippen LogP contribution in [-0.2, 0) is 0 Å². The van der Waals surface area contributed by atoms with Crippen LogP contribution in [0.2, 0.25) is 0 Å². The van der Waals surface area contributed by atoms with Gasteiger partial charge in [-0.2, -0.15) is 0 Å². The van der Waals surface area contributed by atoms with Crippen LogP contribution in [0.25, 0.3) is 0 Å². The van der Waals surface area contributed by atoms with E-state index in [0.717, 1.165) is 6.42 Å². The van der Waals surface area contributed by atoms with Gasteiger partial charge in [-0.1, -0.05) is 51.7 Å². The lowest BCUT2D eigenvalue weighted by Gasteiger charge is -2.32. The Balaban J connectivity index is 2.34. The minimum atomic E-state index is 0.273. The monoisotopic (exact) mass is 228 g/mol. The van der Waals surface area contributed by atoms with Crippen LogP contribution in [0.4, 0.5) is 0 Å². The standard InChI is InChI=1S/C14H25Cl/c1-4-5-6-7-8-12-9-13(15)11-14(2,3)10-12/h9,13H,4-8,10-11H2,1-3H3. The molecule has 0 bridgehead atoms. The van der Waals surface area contributed by atoms with E-state index < -0.39 is 0 Å². The zero-order chi connectivity index (χ0) is 11.3. The molecule has 0 aromatic heterocycles. The van der Waals surface area contributed by atoms with Crippen molar-refractivity contribution in [1.82, 2.24) is 0 Å². The summed E-state index contributed by atoms with van der Waals surface area (Å²) in [5.74, 6) is 0. The number of hydrogen-bond donors (Lipinski definition) is 0. The van der Waals surface area contributed by atoms with Crippen molar-refractivity contribution in [3.05, 3.63) is 11.6 Å². The number of allylic oxidation sites excluding steroid dienone is 2. The summed E-state index contributed by atoms with van der Waals surface area (Å²) in [6.45, 7) is 6.93. The summed E-state index contributed by atoms with van der Waals surface area (Å²) < 4.78 is 0. The van der Waals surface area contributed by atoms with Gasteiger partial charge in [-0.25, -0.2) is 0 Å². The van der Waals surface area contributed by atoms with Gasteiger partial charge in [-0.3, -0.25) is 0 Å². The van der Waals surface area contributed by atoms with E-state index in [2.05, 4.69) is 26.8 Å². The average Bonchev–Trinajstić information content (AvgIpc) is 2.09. The van der Waals surface area contributed by atoms with E-state index in [9.17, 15) is 0 Å². The number of rotatable bonds is 5. The van der Waals surface area contributed by atoms with E-state index >= 15 is 0 Å². The number of hydrogen-bond acceptors (Lipinski definition) is 0. The van der Waals surface area contributed by atoms with E-state index in [1.54, 1.807) is 5.57 Å². The molecule has 0 fully saturated rings. The highest BCUT2D eigenvalue weighted by molar-refractivity contribution is 6.21. The molecule has 0 aromatic rings. The van der Waals surface area contributed by atoms with E-state index in [1.165, 1.54) is 38.5 Å². The lowest BCUT2D eigenvalue weighted by Crippen LogP contribution is -2.22. The molecule has 88 valence electrons. The molecule has 1 unspecified atom stereocenters. The Morgan fingerprint density at radius 1 is 1.33 bits per heavy atom. The summed E-state index contributed by atoms with van der Waals surface area (Å²) in [5.41, 5.74) is 2.02. The predicted molar refractivity (Wildman–Crippen MR) is 69.5 cm³/mol. The second-order valence-corrected chi connectivity index (χ2v) is 6.26. The average molecular weight is 229 g/mol. The van der Waals surface area contributed by atoms with Crippen LogP contribution in [-0.4, -0.2) is 5.38 Å². The molecule has 1 heteroatoms. The number of halogens is 1. The van der Waals surface area contributed by atoms with Crippen LogP contribution < -0.4 is 0 Å². The molecule has 1 rings (SSSR count). The second kappa shape index (κ2) is 5.94. The normalized spacial score (nSPS) is 25.1. The van der Waals surface area contributed by atoms with Gasteiger partial charge in [0.15, 0.2) is 0 Å². The van der Waals surface area contributed by atoms with Crippen LogP contribution in [0.5, 0.6) is 0 Å². The van der Waals surface area contributed by atoms with Crippen molar-refractivity contribution in [2.75, 3.05) is 0 Å². The summed E-state index contributed by atoms with van der Waals surface area (Å²) in [6, 6.07) is 0. The summed E-state index contributed by atoms with van der Waals surface area (Å²) in [4.78, 5) is 0. The van der Waals surface area contributed by atoms with Gasteiger partial charge in [0.2, 0.25) is 0 Å². The van der Waals surface area contributed by atoms with Gasteiger partial charge < -0.3 is 0 Å². The maximum absolute atomic E-state index is 6.26. The first-order chi connectivity index (χ1) is 7.03. The smallest absolute Gasteiger partial charge is 0.0523 e. The molecule has 0 radical (unpaired) electrons. The largest absolute Gasteiger partial charge is 0.118 e. The van der Waals surface area contributed by atoms with Crippen LogP contribution in [0.3, 0.4) is 0 Å². The molecule has 0 aliphatic heterocycles. The fourth-order valence-electron chi connectivity index (χ4n) is 2.54. The van der Waals surface area contributed by atoms with Crippen molar-refractivity contribution >= 4 is 11.6 Å². The molecule has 0 saturated heterocycles. The Morgan fingerprint density at radius 2 is 2.07 bits per heavy atom. The van der Waals surface area contributed by atoms with Gasteiger partial charge in [0.25, 0.3) is 0 Å². The lowest BCUT2D eigenvalue weighted by atomic mass is 9.76. The molecule has 0 aromatic carbocycles. The van der Waals surface area contributed by atoms with Crippen molar-refractivity contribution in [2.45, 2.75) is 71.1 Å². The number of unbranched alkanes of at least 4 members (excludes halogenated alkanes) is 3. The van der Waals surface area contributed by atoms with E-state index in [-0.39, 0.29) is 5.38 Å². The molecular formula is C14H25Cl. The van der Waals surface area contributed by atoms with E-state index in [1.807, 2.05) is 0 Å². The fourth-order valence-corrected chi connectivity index (χ4v) is 3.13. The number of alkyl halides is 1. The summed E-state index contributed by atoms with van der Waals surface area (Å²) in [5, 5.41) is 0.273. The minimum absolute atomic E-state index is 0.273. The Bertz CT molecular complexity index is 215. The zero-order valence-corrected chi connectivity index (χ0v) is 11.2. The Kier molecular flexibility index (Phi) is 5.18. The molecule has 1 atom stereocenters. The van der Waals surface area contributed by atoms with Gasteiger partial charge in [-0.15, -0.1) is 11.6 Å². The van der Waals surface area contributed by atoms with Gasteiger partial charge in [0.1, 0.15) is 0 Å². The molecule has 1 aliphatic rings. The van der Waals surface area contributed by atoms with Crippen molar-refractivity contribution in [2.24, 2.45) is 5.41 Å². The quantitative estimate of drug-likeness (QED) is 0.340. The lowest BCUT2D eigenvalue weighted by molar-refractivity contribution is 0.317. The highest BCUT2D eigenvalue weighted by Gasteiger charge is 2.26. The topological polar surface area (TPSA) is 0 Å². The van der Waals surface area contributed by atoms with Gasteiger partial charge >= 0.3 is 0 Å². The Hall–Kier alpha value is 0.0300. The first kappa shape index (κ1) is 13.1. The van der Waals surface area contributed by atoms with E-state index in [0.29, 0.717) is 5.41 Å². The predicted octanol–water partition coefficient (Wildman–Crippen LogP) is 5.31. The van der Waals surface area contributed by atoms with Gasteiger partial charge in [0.05, 0.1) is 5.38 Å².